The van der Waals surface area contributed by atoms with Crippen LogP contribution in [0, 0.1) is 6.92 Å². The molecule has 0 radical (unpaired) electrons. The minimum Gasteiger partial charge on any atom is -0.473 e. The van der Waals surface area contributed by atoms with Crippen molar-refractivity contribution in [3.8, 4) is 5.19 Å². The second-order valence-electron chi connectivity index (χ2n) is 1.78. The van der Waals surface area contributed by atoms with Gasteiger partial charge in [0.1, 0.15) is 0 Å². The standard InChI is InChI=1S/C6H6N2O2S/c1-4-5(7-3-9)11-6(8-4)10-2/h1-2H3. The Labute approximate surface area is 67.6 Å². The van der Waals surface area contributed by atoms with E-state index in [4.69, 9.17) is 4.74 Å². The molecule has 0 amide bonds. The van der Waals surface area contributed by atoms with Crippen LogP contribution in [-0.2, 0) is 4.79 Å². The molecule has 0 atom stereocenters. The Balaban J connectivity index is 3.06. The van der Waals surface area contributed by atoms with Crippen LogP contribution in [0.5, 0.6) is 5.19 Å². The molecule has 1 heterocycles. The Morgan fingerprint density at radius 1 is 1.73 bits per heavy atom. The van der Waals surface area contributed by atoms with E-state index in [1.807, 2.05) is 0 Å². The van der Waals surface area contributed by atoms with Gasteiger partial charge in [0, 0.05) is 0 Å². The van der Waals surface area contributed by atoms with Crippen molar-refractivity contribution >= 4 is 22.4 Å². The number of aromatic nitrogens is 1. The van der Waals surface area contributed by atoms with E-state index in [-0.39, 0.29) is 0 Å². The maximum Gasteiger partial charge on any atom is 0.275 e. The Bertz CT molecular complexity index is 302. The highest BCUT2D eigenvalue weighted by molar-refractivity contribution is 7.17. The number of isocyanates is 1. The van der Waals surface area contributed by atoms with Gasteiger partial charge in [0.2, 0.25) is 6.08 Å². The molecular formula is C6H6N2O2S. The van der Waals surface area contributed by atoms with Crippen LogP contribution in [0.1, 0.15) is 5.69 Å². The van der Waals surface area contributed by atoms with Crippen LogP contribution in [0.3, 0.4) is 0 Å². The summed E-state index contributed by atoms with van der Waals surface area (Å²) in [6, 6.07) is 0. The zero-order valence-corrected chi connectivity index (χ0v) is 6.94. The van der Waals surface area contributed by atoms with Crippen LogP contribution in [0.4, 0.5) is 5.00 Å². The molecule has 0 aliphatic heterocycles. The molecule has 0 saturated heterocycles. The molecule has 1 rings (SSSR count). The summed E-state index contributed by atoms with van der Waals surface area (Å²) in [6.07, 6.45) is 1.45. The van der Waals surface area contributed by atoms with Gasteiger partial charge in [-0.2, -0.15) is 4.99 Å². The number of methoxy groups -OCH3 is 1. The molecule has 0 N–H and O–H groups in total. The number of thiazole rings is 1. The lowest BCUT2D eigenvalue weighted by atomic mass is 10.5. The predicted molar refractivity (Wildman–Crippen MR) is 41.2 cm³/mol. The minimum absolute atomic E-state index is 0.511. The highest BCUT2D eigenvalue weighted by Gasteiger charge is 2.05. The van der Waals surface area contributed by atoms with Crippen LogP contribution >= 0.6 is 11.3 Å². The fourth-order valence-electron chi connectivity index (χ4n) is 0.597. The zero-order valence-electron chi connectivity index (χ0n) is 6.12. The first-order chi connectivity index (χ1) is 5.27. The minimum atomic E-state index is 0.511. The summed E-state index contributed by atoms with van der Waals surface area (Å²) >= 11 is 1.22. The molecule has 4 nitrogen and oxygen atoms in total. The third-order valence-electron chi connectivity index (χ3n) is 1.07. The van der Waals surface area contributed by atoms with Crippen LogP contribution in [-0.4, -0.2) is 18.2 Å². The van der Waals surface area contributed by atoms with Gasteiger partial charge in [0.25, 0.3) is 5.19 Å². The SMILES string of the molecule is COc1nc(C)c(N=C=O)s1. The Hall–Kier alpha value is -1.19. The van der Waals surface area contributed by atoms with E-state index in [2.05, 4.69) is 9.98 Å². The molecule has 1 aromatic rings. The van der Waals surface area contributed by atoms with Crippen LogP contribution in [0.25, 0.3) is 0 Å². The fraction of sp³-hybridized carbons (Fsp3) is 0.333. The molecule has 1 aromatic heterocycles. The van der Waals surface area contributed by atoms with Gasteiger partial charge in [0.15, 0.2) is 5.00 Å². The molecule has 0 saturated carbocycles. The predicted octanol–water partition coefficient (Wildman–Crippen LogP) is 1.43. The van der Waals surface area contributed by atoms with Gasteiger partial charge in [-0.25, -0.2) is 9.78 Å². The number of ether oxygens (including phenoxy) is 1. The van der Waals surface area contributed by atoms with Crippen LogP contribution in [0.15, 0.2) is 4.99 Å². The van der Waals surface area contributed by atoms with E-state index in [0.717, 1.165) is 0 Å². The summed E-state index contributed by atoms with van der Waals surface area (Å²) in [7, 11) is 1.52. The van der Waals surface area contributed by atoms with Gasteiger partial charge in [-0.1, -0.05) is 11.3 Å². The van der Waals surface area contributed by atoms with Gasteiger partial charge in [0.05, 0.1) is 12.8 Å². The van der Waals surface area contributed by atoms with E-state index < -0.39 is 0 Å². The number of rotatable bonds is 2. The normalized spacial score (nSPS) is 8.91. The molecule has 0 fully saturated rings. The Morgan fingerprint density at radius 3 is 2.91 bits per heavy atom. The maximum absolute atomic E-state index is 9.87. The van der Waals surface area contributed by atoms with Crippen molar-refractivity contribution < 1.29 is 9.53 Å². The largest absolute Gasteiger partial charge is 0.473 e. The zero-order chi connectivity index (χ0) is 8.27. The molecule has 0 bridgehead atoms. The van der Waals surface area contributed by atoms with Crippen LogP contribution < -0.4 is 4.74 Å². The number of hydrogen-bond donors (Lipinski definition) is 0. The second kappa shape index (κ2) is 3.27. The van der Waals surface area contributed by atoms with Crippen LogP contribution in [0.2, 0.25) is 0 Å². The molecule has 0 aliphatic rings. The lowest BCUT2D eigenvalue weighted by Crippen LogP contribution is -1.79. The van der Waals surface area contributed by atoms with Gasteiger partial charge in [-0.15, -0.1) is 0 Å². The van der Waals surface area contributed by atoms with E-state index in [1.165, 1.54) is 24.5 Å². The summed E-state index contributed by atoms with van der Waals surface area (Å²) < 4.78 is 4.84. The lowest BCUT2D eigenvalue weighted by Gasteiger charge is -1.85. The third-order valence-corrected chi connectivity index (χ3v) is 2.09. The Kier molecular flexibility index (Phi) is 2.36. The van der Waals surface area contributed by atoms with Gasteiger partial charge in [-0.3, -0.25) is 0 Å². The van der Waals surface area contributed by atoms with Crippen molar-refractivity contribution in [3.05, 3.63) is 5.69 Å². The van der Waals surface area contributed by atoms with Crippen molar-refractivity contribution in [1.82, 2.24) is 4.98 Å². The van der Waals surface area contributed by atoms with Crippen molar-refractivity contribution in [2.75, 3.05) is 7.11 Å². The first-order valence-corrected chi connectivity index (χ1v) is 3.69. The highest BCUT2D eigenvalue weighted by Crippen LogP contribution is 2.31. The number of carbonyl (C=O) groups excluding carboxylic acids is 1. The van der Waals surface area contributed by atoms with E-state index in [9.17, 15) is 4.79 Å². The monoisotopic (exact) mass is 170 g/mol. The van der Waals surface area contributed by atoms with Crippen molar-refractivity contribution in [2.45, 2.75) is 6.92 Å². The fourth-order valence-corrected chi connectivity index (χ4v) is 1.30. The number of nitrogens with zero attached hydrogens (tertiary/aromatic N) is 2. The molecule has 0 unspecified atom stereocenters. The topological polar surface area (TPSA) is 51.6 Å². The molecule has 0 aliphatic carbocycles. The summed E-state index contributed by atoms with van der Waals surface area (Å²) in [5.74, 6) is 0. The van der Waals surface area contributed by atoms with Crippen molar-refractivity contribution in [3.63, 3.8) is 0 Å². The average Bonchev–Trinajstić information content (AvgIpc) is 2.33. The Morgan fingerprint density at radius 2 is 2.45 bits per heavy atom. The average molecular weight is 170 g/mol. The van der Waals surface area contributed by atoms with Gasteiger partial charge in [-0.05, 0) is 6.92 Å². The quantitative estimate of drug-likeness (QED) is 0.498. The number of aryl methyl sites for hydroxylation is 1. The molecule has 58 valence electrons. The summed E-state index contributed by atoms with van der Waals surface area (Å²) in [6.45, 7) is 1.76. The third kappa shape index (κ3) is 1.63. The summed E-state index contributed by atoms with van der Waals surface area (Å²) in [4.78, 5) is 17.3. The van der Waals surface area contributed by atoms with Gasteiger partial charge < -0.3 is 4.74 Å². The van der Waals surface area contributed by atoms with Crippen molar-refractivity contribution in [2.24, 2.45) is 4.99 Å². The molecule has 5 heteroatoms. The lowest BCUT2D eigenvalue weighted by molar-refractivity contribution is 0.411. The van der Waals surface area contributed by atoms with E-state index in [1.54, 1.807) is 6.92 Å². The summed E-state index contributed by atoms with van der Waals surface area (Å²) in [5.41, 5.74) is 0.690. The van der Waals surface area contributed by atoms with Gasteiger partial charge >= 0.3 is 0 Å². The van der Waals surface area contributed by atoms with E-state index >= 15 is 0 Å². The first kappa shape index (κ1) is 7.91. The molecular weight excluding hydrogens is 164 g/mol. The molecule has 0 spiro atoms. The van der Waals surface area contributed by atoms with Crippen molar-refractivity contribution in [1.29, 1.82) is 0 Å². The maximum atomic E-state index is 9.87. The molecule has 11 heavy (non-hydrogen) atoms. The number of hydrogen-bond acceptors (Lipinski definition) is 5. The van der Waals surface area contributed by atoms with E-state index in [0.29, 0.717) is 15.9 Å². The highest BCUT2D eigenvalue weighted by atomic mass is 32.1. The first-order valence-electron chi connectivity index (χ1n) is 2.87. The number of aliphatic imine (C=N–C) groups is 1. The summed E-state index contributed by atoms with van der Waals surface area (Å²) in [5, 5.41) is 1.06. The second-order valence-corrected chi connectivity index (χ2v) is 2.72. The smallest absolute Gasteiger partial charge is 0.275 e. The molecule has 0 aromatic carbocycles.